The number of hydrogen-bond donors (Lipinski definition) is 2. The van der Waals surface area contributed by atoms with E-state index in [-0.39, 0.29) is 19.7 Å². The number of β-amino-alcohol motifs (C(OH)–C–C–N with tert-alkyl or cyclic N) is 2. The Morgan fingerprint density at radius 1 is 1.56 bits per heavy atom. The molecule has 2 N–H and O–H groups in total. The number of carbonyl (C=O) groups is 1. The van der Waals surface area contributed by atoms with Gasteiger partial charge in [-0.1, -0.05) is 5.11 Å². The number of azide groups is 1. The van der Waals surface area contributed by atoms with Gasteiger partial charge >= 0.3 is 6.09 Å². The Bertz CT molecular complexity index is 292. The van der Waals surface area contributed by atoms with Gasteiger partial charge in [0.2, 0.25) is 0 Å². The van der Waals surface area contributed by atoms with Crippen LogP contribution in [0, 0.1) is 0 Å². The molecule has 0 aromatic rings. The van der Waals surface area contributed by atoms with Crippen molar-refractivity contribution in [3.8, 4) is 0 Å². The highest BCUT2D eigenvalue weighted by atomic mass is 16.6. The van der Waals surface area contributed by atoms with Gasteiger partial charge in [-0.05, 0) is 12.5 Å². The second-order valence-electron chi connectivity index (χ2n) is 3.43. The second kappa shape index (κ2) is 5.55. The molecule has 1 aliphatic rings. The van der Waals surface area contributed by atoms with Crippen molar-refractivity contribution >= 4 is 6.09 Å². The lowest BCUT2D eigenvalue weighted by atomic mass is 10.0. The first-order chi connectivity index (χ1) is 7.60. The van der Waals surface area contributed by atoms with Gasteiger partial charge in [-0.2, -0.15) is 0 Å². The lowest BCUT2D eigenvalue weighted by molar-refractivity contribution is -0.0245. The molecule has 2 unspecified atom stereocenters. The SMILES string of the molecule is CCOC(=O)N1CC(O)C(N=[N+]=[N-])C(O)C1. The zero-order valence-corrected chi connectivity index (χ0v) is 8.85. The summed E-state index contributed by atoms with van der Waals surface area (Å²) in [5, 5.41) is 22.5. The van der Waals surface area contributed by atoms with Crippen LogP contribution in [0.5, 0.6) is 0 Å². The molecule has 2 atom stereocenters. The molecule has 90 valence electrons. The molecule has 1 heterocycles. The van der Waals surface area contributed by atoms with Crippen LogP contribution in [0.1, 0.15) is 6.92 Å². The Morgan fingerprint density at radius 2 is 2.12 bits per heavy atom. The standard InChI is InChI=1S/C8H14N4O4/c1-2-16-8(15)12-3-5(13)7(10-11-9)6(14)4-12/h5-7,13-14H,2-4H2,1H3. The van der Waals surface area contributed by atoms with Crippen molar-refractivity contribution in [2.75, 3.05) is 19.7 Å². The minimum Gasteiger partial charge on any atom is -0.450 e. The van der Waals surface area contributed by atoms with Crippen LogP contribution in [0.3, 0.4) is 0 Å². The van der Waals surface area contributed by atoms with Crippen molar-refractivity contribution in [1.82, 2.24) is 4.90 Å². The van der Waals surface area contributed by atoms with Gasteiger partial charge in [-0.15, -0.1) is 0 Å². The summed E-state index contributed by atoms with van der Waals surface area (Å²) in [5.41, 5.74) is 8.24. The molecule has 0 aromatic carbocycles. The Hall–Kier alpha value is -1.50. The fourth-order valence-corrected chi connectivity index (χ4v) is 1.58. The van der Waals surface area contributed by atoms with E-state index in [9.17, 15) is 15.0 Å². The van der Waals surface area contributed by atoms with Crippen molar-refractivity contribution in [2.24, 2.45) is 5.11 Å². The van der Waals surface area contributed by atoms with Crippen LogP contribution < -0.4 is 0 Å². The van der Waals surface area contributed by atoms with Crippen molar-refractivity contribution in [3.05, 3.63) is 10.4 Å². The summed E-state index contributed by atoms with van der Waals surface area (Å²) in [4.78, 5) is 15.1. The lowest BCUT2D eigenvalue weighted by Gasteiger charge is -2.36. The fourth-order valence-electron chi connectivity index (χ4n) is 1.58. The average Bonchev–Trinajstić information content (AvgIpc) is 2.23. The Labute approximate surface area is 92.0 Å². The van der Waals surface area contributed by atoms with Crippen LogP contribution in [0.4, 0.5) is 4.79 Å². The first kappa shape index (κ1) is 12.6. The molecule has 1 fully saturated rings. The number of hydrogen-bond acceptors (Lipinski definition) is 5. The quantitative estimate of drug-likeness (QED) is 0.389. The summed E-state index contributed by atoms with van der Waals surface area (Å²) < 4.78 is 4.73. The number of carbonyl (C=O) groups excluding carboxylic acids is 1. The number of nitrogens with zero attached hydrogens (tertiary/aromatic N) is 4. The van der Waals surface area contributed by atoms with Gasteiger partial charge in [-0.25, -0.2) is 4.79 Å². The van der Waals surface area contributed by atoms with E-state index in [0.717, 1.165) is 0 Å². The first-order valence-corrected chi connectivity index (χ1v) is 4.92. The number of rotatable bonds is 2. The topological polar surface area (TPSA) is 119 Å². The summed E-state index contributed by atoms with van der Waals surface area (Å²) in [5.74, 6) is 0. The van der Waals surface area contributed by atoms with Crippen LogP contribution in [0.25, 0.3) is 10.4 Å². The highest BCUT2D eigenvalue weighted by molar-refractivity contribution is 5.67. The number of ether oxygens (including phenoxy) is 1. The highest BCUT2D eigenvalue weighted by Gasteiger charge is 2.36. The molecule has 0 spiro atoms. The Kier molecular flexibility index (Phi) is 4.36. The number of aliphatic hydroxyl groups excluding tert-OH is 2. The third-order valence-corrected chi connectivity index (χ3v) is 2.31. The maximum absolute atomic E-state index is 11.3. The summed E-state index contributed by atoms with van der Waals surface area (Å²) in [7, 11) is 0. The maximum atomic E-state index is 11.3. The van der Waals surface area contributed by atoms with E-state index in [4.69, 9.17) is 10.3 Å². The third kappa shape index (κ3) is 2.75. The number of amides is 1. The number of likely N-dealkylation sites (tertiary alicyclic amines) is 1. The first-order valence-electron chi connectivity index (χ1n) is 4.92. The fraction of sp³-hybridized carbons (Fsp3) is 0.875. The summed E-state index contributed by atoms with van der Waals surface area (Å²) in [6, 6.07) is -0.921. The zero-order chi connectivity index (χ0) is 12.1. The van der Waals surface area contributed by atoms with Crippen molar-refractivity contribution in [2.45, 2.75) is 25.2 Å². The molecule has 0 radical (unpaired) electrons. The monoisotopic (exact) mass is 230 g/mol. The molecule has 1 saturated heterocycles. The molecule has 0 aromatic heterocycles. The van der Waals surface area contributed by atoms with E-state index in [0.29, 0.717) is 0 Å². The molecule has 8 heteroatoms. The molecule has 0 bridgehead atoms. The van der Waals surface area contributed by atoms with Crippen LogP contribution in [0.15, 0.2) is 5.11 Å². The van der Waals surface area contributed by atoms with Crippen LogP contribution in [0.2, 0.25) is 0 Å². The van der Waals surface area contributed by atoms with Crippen LogP contribution in [-0.2, 0) is 4.74 Å². The normalized spacial score (nSPS) is 29.4. The van der Waals surface area contributed by atoms with Gasteiger partial charge in [0.25, 0.3) is 0 Å². The van der Waals surface area contributed by atoms with E-state index in [1.165, 1.54) is 4.90 Å². The van der Waals surface area contributed by atoms with Gasteiger partial charge in [0.05, 0.1) is 37.9 Å². The molecule has 0 aliphatic carbocycles. The van der Waals surface area contributed by atoms with E-state index in [1.54, 1.807) is 6.92 Å². The zero-order valence-electron chi connectivity index (χ0n) is 8.85. The minimum atomic E-state index is -1.08. The van der Waals surface area contributed by atoms with E-state index in [2.05, 4.69) is 10.0 Å². The van der Waals surface area contributed by atoms with Gasteiger partial charge < -0.3 is 19.8 Å². The van der Waals surface area contributed by atoms with Crippen molar-refractivity contribution in [1.29, 1.82) is 0 Å². The predicted octanol–water partition coefficient (Wildman–Crippen LogP) is -0.141. The molecule has 1 rings (SSSR count). The Morgan fingerprint density at radius 3 is 2.56 bits per heavy atom. The summed E-state index contributed by atoms with van der Waals surface area (Å²) in [6.07, 6.45) is -2.76. The van der Waals surface area contributed by atoms with E-state index < -0.39 is 24.3 Å². The minimum absolute atomic E-state index is 0.0143. The van der Waals surface area contributed by atoms with Crippen LogP contribution in [-0.4, -0.2) is 59.2 Å². The summed E-state index contributed by atoms with van der Waals surface area (Å²) in [6.45, 7) is 1.86. The molecule has 1 aliphatic heterocycles. The number of piperidine rings is 1. The summed E-state index contributed by atoms with van der Waals surface area (Å²) >= 11 is 0. The molecule has 1 amide bonds. The molecular formula is C8H14N4O4. The van der Waals surface area contributed by atoms with Crippen molar-refractivity contribution < 1.29 is 19.7 Å². The van der Waals surface area contributed by atoms with Gasteiger partial charge in [0.1, 0.15) is 0 Å². The van der Waals surface area contributed by atoms with Crippen LogP contribution >= 0.6 is 0 Å². The lowest BCUT2D eigenvalue weighted by Crippen LogP contribution is -2.56. The molecule has 0 saturated carbocycles. The van der Waals surface area contributed by atoms with Gasteiger partial charge in [0, 0.05) is 4.91 Å². The van der Waals surface area contributed by atoms with Gasteiger partial charge in [0.15, 0.2) is 0 Å². The molecular weight excluding hydrogens is 216 g/mol. The largest absolute Gasteiger partial charge is 0.450 e. The maximum Gasteiger partial charge on any atom is 0.409 e. The number of aliphatic hydroxyl groups is 2. The molecule has 8 nitrogen and oxygen atoms in total. The highest BCUT2D eigenvalue weighted by Crippen LogP contribution is 2.16. The van der Waals surface area contributed by atoms with Gasteiger partial charge in [-0.3, -0.25) is 0 Å². The predicted molar refractivity (Wildman–Crippen MR) is 53.5 cm³/mol. The van der Waals surface area contributed by atoms with E-state index >= 15 is 0 Å². The van der Waals surface area contributed by atoms with E-state index in [1.807, 2.05) is 0 Å². The smallest absolute Gasteiger partial charge is 0.409 e. The third-order valence-electron chi connectivity index (χ3n) is 2.31. The Balaban J connectivity index is 2.65. The average molecular weight is 230 g/mol. The molecule has 16 heavy (non-hydrogen) atoms. The van der Waals surface area contributed by atoms with Crippen molar-refractivity contribution in [3.63, 3.8) is 0 Å². The second-order valence-corrected chi connectivity index (χ2v) is 3.43.